The Kier molecular flexibility index (Phi) is 12.6. The summed E-state index contributed by atoms with van der Waals surface area (Å²) in [6, 6.07) is 23.2. The second-order valence-corrected chi connectivity index (χ2v) is 14.8. The molecule has 2 amide bonds. The first-order valence-electron chi connectivity index (χ1n) is 15.4. The van der Waals surface area contributed by atoms with E-state index < -0.39 is 56.9 Å². The van der Waals surface area contributed by atoms with E-state index in [1.54, 1.807) is 55.5 Å². The van der Waals surface area contributed by atoms with Crippen molar-refractivity contribution in [2.45, 2.75) is 63.3 Å². The maximum Gasteiger partial charge on any atom is 0.417 e. The lowest BCUT2D eigenvalue weighted by molar-refractivity contribution is -0.140. The van der Waals surface area contributed by atoms with Crippen molar-refractivity contribution in [1.82, 2.24) is 10.2 Å². The van der Waals surface area contributed by atoms with E-state index >= 15 is 0 Å². The average Bonchev–Trinajstić information content (AvgIpc) is 3.06. The van der Waals surface area contributed by atoms with Crippen LogP contribution in [0.25, 0.3) is 0 Å². The number of nitrogens with zero attached hydrogens (tertiary/aromatic N) is 2. The molecule has 0 radical (unpaired) electrons. The van der Waals surface area contributed by atoms with Gasteiger partial charge in [0.1, 0.15) is 12.6 Å². The Morgan fingerprint density at radius 3 is 2.14 bits per heavy atom. The topological polar surface area (TPSA) is 86.8 Å². The van der Waals surface area contributed by atoms with Gasteiger partial charge in [0.05, 0.1) is 21.2 Å². The van der Waals surface area contributed by atoms with Gasteiger partial charge in [0, 0.05) is 23.5 Å². The number of carbonyl (C=O) groups is 2. The van der Waals surface area contributed by atoms with Gasteiger partial charge in [-0.25, -0.2) is 8.42 Å². The molecule has 0 saturated heterocycles. The molecule has 7 nitrogen and oxygen atoms in total. The number of hydrogen-bond donors (Lipinski definition) is 1. The maximum atomic E-state index is 14.6. The van der Waals surface area contributed by atoms with E-state index in [9.17, 15) is 31.2 Å². The van der Waals surface area contributed by atoms with Gasteiger partial charge in [-0.15, -0.1) is 0 Å². The van der Waals surface area contributed by atoms with Gasteiger partial charge < -0.3 is 10.2 Å². The molecule has 1 N–H and O–H groups in total. The molecule has 0 saturated carbocycles. The van der Waals surface area contributed by atoms with E-state index in [1.807, 2.05) is 32.0 Å². The average molecular weight is 779 g/mol. The van der Waals surface area contributed by atoms with E-state index in [2.05, 4.69) is 21.2 Å². The molecule has 0 heterocycles. The molecule has 4 rings (SSSR count). The van der Waals surface area contributed by atoms with Gasteiger partial charge in [-0.2, -0.15) is 13.2 Å². The Balaban J connectivity index is 1.87. The standard InChI is InChI=1S/C36H36BrClF3N3O4S/c1-4-25(3)42-35(46)33(20-26-8-6-5-7-9-26)43(22-27-12-14-28(37)15-13-27)34(45)23-44(49(47,48)30-17-10-24(2)11-18-30)29-16-19-32(38)31(21-29)36(39,40)41/h5-19,21,25,33H,4,20,22-23H2,1-3H3,(H,42,46)/t25-,33-/m0/s1. The van der Waals surface area contributed by atoms with Gasteiger partial charge in [0.15, 0.2) is 0 Å². The van der Waals surface area contributed by atoms with Crippen molar-refractivity contribution in [1.29, 1.82) is 0 Å². The number of halogens is 5. The third-order valence-corrected chi connectivity index (χ3v) is 10.6. The minimum absolute atomic E-state index is 0.0925. The lowest BCUT2D eigenvalue weighted by atomic mass is 10.0. The molecule has 0 bridgehead atoms. The summed E-state index contributed by atoms with van der Waals surface area (Å²) in [6.07, 6.45) is -4.20. The van der Waals surface area contributed by atoms with Gasteiger partial charge in [0.25, 0.3) is 10.0 Å². The number of nitrogens with one attached hydrogen (secondary N) is 1. The van der Waals surface area contributed by atoms with Gasteiger partial charge in [0.2, 0.25) is 11.8 Å². The summed E-state index contributed by atoms with van der Waals surface area (Å²) in [7, 11) is -4.61. The second-order valence-electron chi connectivity index (χ2n) is 11.7. The lowest BCUT2D eigenvalue weighted by Gasteiger charge is -2.34. The minimum Gasteiger partial charge on any atom is -0.352 e. The highest BCUT2D eigenvalue weighted by Gasteiger charge is 2.38. The summed E-state index contributed by atoms with van der Waals surface area (Å²) in [4.78, 5) is 29.5. The fraction of sp³-hybridized carbons (Fsp3) is 0.278. The van der Waals surface area contributed by atoms with E-state index in [-0.39, 0.29) is 23.9 Å². The predicted octanol–water partition coefficient (Wildman–Crippen LogP) is 8.18. The van der Waals surface area contributed by atoms with Crippen molar-refractivity contribution < 1.29 is 31.2 Å². The van der Waals surface area contributed by atoms with E-state index in [0.717, 1.165) is 27.7 Å². The quantitative estimate of drug-likeness (QED) is 0.148. The number of anilines is 1. The van der Waals surface area contributed by atoms with Crippen LogP contribution in [0.4, 0.5) is 18.9 Å². The molecule has 4 aromatic rings. The highest BCUT2D eigenvalue weighted by molar-refractivity contribution is 9.10. The summed E-state index contributed by atoms with van der Waals surface area (Å²) in [5, 5.41) is 2.32. The van der Waals surface area contributed by atoms with E-state index in [1.165, 1.54) is 17.0 Å². The molecule has 4 aromatic carbocycles. The van der Waals surface area contributed by atoms with Crippen LogP contribution in [-0.4, -0.2) is 43.8 Å². The smallest absolute Gasteiger partial charge is 0.352 e. The van der Waals surface area contributed by atoms with Crippen LogP contribution in [0.2, 0.25) is 5.02 Å². The molecule has 0 fully saturated rings. The Labute approximate surface area is 298 Å². The van der Waals surface area contributed by atoms with Crippen molar-refractivity contribution in [3.63, 3.8) is 0 Å². The summed E-state index contributed by atoms with van der Waals surface area (Å²) in [6.45, 7) is 4.48. The fourth-order valence-electron chi connectivity index (χ4n) is 5.03. The molecular formula is C36H36BrClF3N3O4S. The lowest BCUT2D eigenvalue weighted by Crippen LogP contribution is -2.54. The van der Waals surface area contributed by atoms with Crippen LogP contribution in [0.1, 0.15) is 42.5 Å². The van der Waals surface area contributed by atoms with Crippen LogP contribution >= 0.6 is 27.5 Å². The van der Waals surface area contributed by atoms with Crippen molar-refractivity contribution in [3.05, 3.63) is 129 Å². The SMILES string of the molecule is CC[C@H](C)NC(=O)[C@H](Cc1ccccc1)N(Cc1ccc(Br)cc1)C(=O)CN(c1ccc(Cl)c(C(F)(F)F)c1)S(=O)(=O)c1ccc(C)cc1. The summed E-state index contributed by atoms with van der Waals surface area (Å²) in [5.74, 6) is -1.26. The molecule has 0 unspecified atom stereocenters. The predicted molar refractivity (Wildman–Crippen MR) is 189 cm³/mol. The van der Waals surface area contributed by atoms with Crippen LogP contribution in [0.3, 0.4) is 0 Å². The Hall–Kier alpha value is -3.87. The molecule has 13 heteroatoms. The Morgan fingerprint density at radius 1 is 0.918 bits per heavy atom. The van der Waals surface area contributed by atoms with Crippen molar-refractivity contribution in [2.24, 2.45) is 0 Å². The van der Waals surface area contributed by atoms with Crippen LogP contribution < -0.4 is 9.62 Å². The van der Waals surface area contributed by atoms with Crippen LogP contribution in [0.15, 0.2) is 106 Å². The molecule has 260 valence electrons. The summed E-state index contributed by atoms with van der Waals surface area (Å²) in [5.41, 5.74) is 0.466. The number of aryl methyl sites for hydroxylation is 1. The van der Waals surface area contributed by atoms with Crippen molar-refractivity contribution in [2.75, 3.05) is 10.8 Å². The van der Waals surface area contributed by atoms with Crippen LogP contribution in [-0.2, 0) is 38.8 Å². The Bertz CT molecular complexity index is 1860. The fourth-order valence-corrected chi connectivity index (χ4v) is 6.93. The van der Waals surface area contributed by atoms with Crippen molar-refractivity contribution >= 4 is 55.1 Å². The maximum absolute atomic E-state index is 14.6. The third kappa shape index (κ3) is 9.86. The van der Waals surface area contributed by atoms with E-state index in [0.29, 0.717) is 22.4 Å². The Morgan fingerprint density at radius 2 is 1.55 bits per heavy atom. The van der Waals surface area contributed by atoms with Gasteiger partial charge in [-0.05, 0) is 73.9 Å². The molecule has 49 heavy (non-hydrogen) atoms. The first-order chi connectivity index (χ1) is 23.1. The number of benzene rings is 4. The highest BCUT2D eigenvalue weighted by Crippen LogP contribution is 2.38. The first kappa shape index (κ1) is 37.9. The first-order valence-corrected chi connectivity index (χ1v) is 18.1. The molecule has 0 aromatic heterocycles. The molecule has 2 atom stereocenters. The number of rotatable bonds is 13. The highest BCUT2D eigenvalue weighted by atomic mass is 79.9. The molecule has 0 spiro atoms. The number of amides is 2. The van der Waals surface area contributed by atoms with Crippen LogP contribution in [0, 0.1) is 6.92 Å². The number of alkyl halides is 3. The second kappa shape index (κ2) is 16.2. The van der Waals surface area contributed by atoms with Gasteiger partial charge in [-0.3, -0.25) is 13.9 Å². The summed E-state index contributed by atoms with van der Waals surface area (Å²) < 4.78 is 71.7. The largest absolute Gasteiger partial charge is 0.417 e. The summed E-state index contributed by atoms with van der Waals surface area (Å²) >= 11 is 9.28. The molecule has 0 aliphatic rings. The van der Waals surface area contributed by atoms with E-state index in [4.69, 9.17) is 11.6 Å². The normalized spacial score (nSPS) is 13.0. The molecule has 0 aliphatic heterocycles. The zero-order chi connectivity index (χ0) is 35.9. The molecule has 0 aliphatic carbocycles. The monoisotopic (exact) mass is 777 g/mol. The molecular weight excluding hydrogens is 743 g/mol. The van der Waals surface area contributed by atoms with Crippen molar-refractivity contribution in [3.8, 4) is 0 Å². The van der Waals surface area contributed by atoms with Crippen LogP contribution in [0.5, 0.6) is 0 Å². The number of hydrogen-bond acceptors (Lipinski definition) is 4. The number of carbonyl (C=O) groups excluding carboxylic acids is 2. The van der Waals surface area contributed by atoms with Gasteiger partial charge >= 0.3 is 6.18 Å². The third-order valence-electron chi connectivity index (χ3n) is 7.97. The zero-order valence-corrected chi connectivity index (χ0v) is 30.2. The number of sulfonamides is 1. The zero-order valence-electron chi connectivity index (χ0n) is 27.0. The van der Waals surface area contributed by atoms with Gasteiger partial charge in [-0.1, -0.05) is 94.6 Å². The minimum atomic E-state index is -4.90.